The molecule has 0 aliphatic heterocycles. The van der Waals surface area contributed by atoms with Crippen LogP contribution in [0.5, 0.6) is 0 Å². The summed E-state index contributed by atoms with van der Waals surface area (Å²) in [5.41, 5.74) is 0. The number of unbranched alkanes of at least 4 members (excludes halogenated alkanes) is 5. The summed E-state index contributed by atoms with van der Waals surface area (Å²) < 4.78 is 0. The first kappa shape index (κ1) is 21.8. The molecule has 144 valence electrons. The molecule has 1 aliphatic rings. The number of ketones is 1. The molecule has 0 heterocycles. The molecule has 1 fully saturated rings. The Bertz CT molecular complexity index is 432. The average molecular weight is 354 g/mol. The summed E-state index contributed by atoms with van der Waals surface area (Å²) in [5.74, 6) is -1.08. The van der Waals surface area contributed by atoms with E-state index in [0.29, 0.717) is 12.8 Å². The second kappa shape index (κ2) is 12.2. The second-order valence-corrected chi connectivity index (χ2v) is 7.22. The van der Waals surface area contributed by atoms with E-state index in [2.05, 4.69) is 6.92 Å². The molecule has 5 nitrogen and oxygen atoms in total. The van der Waals surface area contributed by atoms with Crippen LogP contribution in [-0.4, -0.2) is 39.3 Å². The van der Waals surface area contributed by atoms with Gasteiger partial charge in [0, 0.05) is 18.8 Å². The van der Waals surface area contributed by atoms with Crippen molar-refractivity contribution in [2.24, 2.45) is 11.8 Å². The molecule has 0 spiro atoms. The molecular formula is C20H34O5. The lowest BCUT2D eigenvalue weighted by Gasteiger charge is -2.18. The highest BCUT2D eigenvalue weighted by Gasteiger charge is 2.39. The number of aliphatic carboxylic acids is 1. The second-order valence-electron chi connectivity index (χ2n) is 7.22. The molecule has 1 aliphatic carbocycles. The quantitative estimate of drug-likeness (QED) is 0.348. The first-order chi connectivity index (χ1) is 12.0. The van der Waals surface area contributed by atoms with Crippen molar-refractivity contribution in [3.63, 3.8) is 0 Å². The average Bonchev–Trinajstić information content (AvgIpc) is 2.82. The third kappa shape index (κ3) is 8.63. The molecule has 25 heavy (non-hydrogen) atoms. The Kier molecular flexibility index (Phi) is 10.7. The van der Waals surface area contributed by atoms with Gasteiger partial charge >= 0.3 is 5.97 Å². The van der Waals surface area contributed by atoms with Gasteiger partial charge in [-0.05, 0) is 25.2 Å². The standard InChI is InChI=1S/C20H34O5/c1-2-3-6-9-15(21)12-13-17-16(18(22)14-19(17)23)10-7-4-5-8-11-20(24)25/h12-13,15-18,21-22H,2-11,14H2,1H3,(H,24,25)/b13-12+/t15-,16+,17-,18+/m0/s1. The van der Waals surface area contributed by atoms with Crippen LogP contribution in [0.15, 0.2) is 12.2 Å². The number of hydrogen-bond acceptors (Lipinski definition) is 4. The van der Waals surface area contributed by atoms with Crippen molar-refractivity contribution in [2.45, 2.75) is 89.8 Å². The van der Waals surface area contributed by atoms with E-state index >= 15 is 0 Å². The van der Waals surface area contributed by atoms with Gasteiger partial charge in [0.25, 0.3) is 0 Å². The zero-order valence-electron chi connectivity index (χ0n) is 15.4. The van der Waals surface area contributed by atoms with E-state index in [-0.39, 0.29) is 30.5 Å². The van der Waals surface area contributed by atoms with E-state index in [9.17, 15) is 19.8 Å². The van der Waals surface area contributed by atoms with Crippen molar-refractivity contribution in [1.82, 2.24) is 0 Å². The van der Waals surface area contributed by atoms with Crippen molar-refractivity contribution in [3.8, 4) is 0 Å². The highest BCUT2D eigenvalue weighted by Crippen LogP contribution is 2.34. The highest BCUT2D eigenvalue weighted by atomic mass is 16.4. The summed E-state index contributed by atoms with van der Waals surface area (Å²) in [4.78, 5) is 22.6. The molecule has 1 rings (SSSR count). The van der Waals surface area contributed by atoms with E-state index < -0.39 is 18.2 Å². The zero-order valence-corrected chi connectivity index (χ0v) is 15.4. The van der Waals surface area contributed by atoms with Crippen LogP contribution in [0.2, 0.25) is 0 Å². The fraction of sp³-hybridized carbons (Fsp3) is 0.800. The highest BCUT2D eigenvalue weighted by molar-refractivity contribution is 5.85. The topological polar surface area (TPSA) is 94.8 Å². The van der Waals surface area contributed by atoms with E-state index in [0.717, 1.165) is 44.9 Å². The van der Waals surface area contributed by atoms with Crippen LogP contribution >= 0.6 is 0 Å². The number of allylic oxidation sites excluding steroid dienone is 1. The molecule has 0 saturated heterocycles. The van der Waals surface area contributed by atoms with Gasteiger partial charge in [0.05, 0.1) is 12.2 Å². The molecule has 4 atom stereocenters. The van der Waals surface area contributed by atoms with Gasteiger partial charge in [-0.3, -0.25) is 9.59 Å². The molecule has 1 saturated carbocycles. The van der Waals surface area contributed by atoms with Gasteiger partial charge in [0.15, 0.2) is 0 Å². The fourth-order valence-electron chi connectivity index (χ4n) is 3.55. The maximum Gasteiger partial charge on any atom is 0.303 e. The van der Waals surface area contributed by atoms with Gasteiger partial charge in [0.1, 0.15) is 5.78 Å². The van der Waals surface area contributed by atoms with E-state index in [1.807, 2.05) is 0 Å². The van der Waals surface area contributed by atoms with Crippen LogP contribution in [0, 0.1) is 11.8 Å². The predicted molar refractivity (Wildman–Crippen MR) is 97.2 cm³/mol. The maximum atomic E-state index is 12.1. The van der Waals surface area contributed by atoms with Gasteiger partial charge in [0.2, 0.25) is 0 Å². The fourth-order valence-corrected chi connectivity index (χ4v) is 3.55. The number of aliphatic hydroxyl groups excluding tert-OH is 2. The Morgan fingerprint density at radius 3 is 2.60 bits per heavy atom. The number of hydrogen-bond donors (Lipinski definition) is 3. The Hall–Kier alpha value is -1.20. The first-order valence-electron chi connectivity index (χ1n) is 9.74. The van der Waals surface area contributed by atoms with Crippen molar-refractivity contribution in [3.05, 3.63) is 12.2 Å². The number of carbonyl (C=O) groups excluding carboxylic acids is 1. The molecular weight excluding hydrogens is 320 g/mol. The van der Waals surface area contributed by atoms with Crippen LogP contribution in [-0.2, 0) is 9.59 Å². The molecule has 0 aromatic carbocycles. The number of Topliss-reactive ketones (excluding diaryl/α,β-unsaturated/α-hetero) is 1. The minimum Gasteiger partial charge on any atom is -0.481 e. The minimum absolute atomic E-state index is 0.0559. The lowest BCUT2D eigenvalue weighted by Crippen LogP contribution is -2.19. The smallest absolute Gasteiger partial charge is 0.303 e. The van der Waals surface area contributed by atoms with Gasteiger partial charge in [-0.15, -0.1) is 0 Å². The molecule has 0 unspecified atom stereocenters. The van der Waals surface area contributed by atoms with E-state index in [4.69, 9.17) is 5.11 Å². The van der Waals surface area contributed by atoms with Gasteiger partial charge < -0.3 is 15.3 Å². The molecule has 0 amide bonds. The summed E-state index contributed by atoms with van der Waals surface area (Å²) >= 11 is 0. The van der Waals surface area contributed by atoms with Gasteiger partial charge in [-0.1, -0.05) is 57.6 Å². The SMILES string of the molecule is CCCCC[C@H](O)/C=C/[C@@H]1C(=O)C[C@@H](O)[C@@H]1CCCCCCC(=O)O. The normalized spacial score (nSPS) is 24.9. The van der Waals surface area contributed by atoms with Crippen LogP contribution < -0.4 is 0 Å². The lowest BCUT2D eigenvalue weighted by atomic mass is 9.88. The predicted octanol–water partition coefficient (Wildman–Crippen LogP) is 3.48. The number of carboxylic acids is 1. The summed E-state index contributed by atoms with van der Waals surface area (Å²) in [7, 11) is 0. The lowest BCUT2D eigenvalue weighted by molar-refractivity contribution is -0.137. The molecule has 0 aromatic heterocycles. The number of aliphatic hydroxyl groups is 2. The van der Waals surface area contributed by atoms with Crippen molar-refractivity contribution < 1.29 is 24.9 Å². The van der Waals surface area contributed by atoms with Crippen molar-refractivity contribution in [2.75, 3.05) is 0 Å². The van der Waals surface area contributed by atoms with E-state index in [1.54, 1.807) is 12.2 Å². The minimum atomic E-state index is -0.764. The third-order valence-electron chi connectivity index (χ3n) is 5.06. The Labute approximate surface area is 151 Å². The van der Waals surface area contributed by atoms with Gasteiger partial charge in [-0.2, -0.15) is 0 Å². The third-order valence-corrected chi connectivity index (χ3v) is 5.06. The molecule has 0 bridgehead atoms. The largest absolute Gasteiger partial charge is 0.481 e. The van der Waals surface area contributed by atoms with Crippen LogP contribution in [0.4, 0.5) is 0 Å². The maximum absolute atomic E-state index is 12.1. The first-order valence-corrected chi connectivity index (χ1v) is 9.74. The summed E-state index contributed by atoms with van der Waals surface area (Å²) in [6.45, 7) is 2.12. The molecule has 5 heteroatoms. The number of carboxylic acid groups (broad SMARTS) is 1. The summed E-state index contributed by atoms with van der Waals surface area (Å²) in [6.07, 6.45) is 10.8. The van der Waals surface area contributed by atoms with Crippen LogP contribution in [0.1, 0.15) is 77.6 Å². The van der Waals surface area contributed by atoms with Crippen LogP contribution in [0.25, 0.3) is 0 Å². The van der Waals surface area contributed by atoms with Crippen molar-refractivity contribution in [1.29, 1.82) is 0 Å². The Morgan fingerprint density at radius 2 is 1.92 bits per heavy atom. The van der Waals surface area contributed by atoms with Crippen molar-refractivity contribution >= 4 is 11.8 Å². The summed E-state index contributed by atoms with van der Waals surface area (Å²) in [5, 5.41) is 28.7. The Balaban J connectivity index is 2.39. The molecule has 0 radical (unpaired) electrons. The van der Waals surface area contributed by atoms with Gasteiger partial charge in [-0.25, -0.2) is 0 Å². The zero-order chi connectivity index (χ0) is 18.7. The number of rotatable bonds is 13. The number of carbonyl (C=O) groups is 2. The monoisotopic (exact) mass is 354 g/mol. The summed E-state index contributed by atoms with van der Waals surface area (Å²) in [6, 6.07) is 0. The molecule has 0 aromatic rings. The Morgan fingerprint density at radius 1 is 1.20 bits per heavy atom. The molecule has 3 N–H and O–H groups in total. The van der Waals surface area contributed by atoms with Crippen LogP contribution in [0.3, 0.4) is 0 Å². The van der Waals surface area contributed by atoms with E-state index in [1.165, 1.54) is 0 Å².